The maximum atomic E-state index is 6.00. The number of halogens is 1. The second-order valence-electron chi connectivity index (χ2n) is 5.10. The fraction of sp³-hybridized carbons (Fsp3) is 0.692. The van der Waals surface area contributed by atoms with Gasteiger partial charge in [-0.25, -0.2) is 10.4 Å². The molecule has 0 radical (unpaired) electrons. The number of hydrogen-bond donors (Lipinski definition) is 2. The third kappa shape index (κ3) is 3.25. The molecule has 1 aliphatic heterocycles. The van der Waals surface area contributed by atoms with Gasteiger partial charge >= 0.3 is 0 Å². The van der Waals surface area contributed by atoms with Crippen LogP contribution in [0.15, 0.2) is 12.1 Å². The zero-order chi connectivity index (χ0) is 13.1. The van der Waals surface area contributed by atoms with Crippen LogP contribution >= 0.6 is 22.9 Å². The second-order valence-corrected chi connectivity index (χ2v) is 6.84. The molecule has 3 unspecified atom stereocenters. The van der Waals surface area contributed by atoms with Crippen LogP contribution in [0.2, 0.25) is 4.34 Å². The Balaban J connectivity index is 2.05. The van der Waals surface area contributed by atoms with E-state index in [1.807, 2.05) is 6.07 Å². The molecule has 0 aromatic carbocycles. The Labute approximate surface area is 118 Å². The van der Waals surface area contributed by atoms with Gasteiger partial charge in [0.05, 0.1) is 10.4 Å². The lowest BCUT2D eigenvalue weighted by molar-refractivity contribution is 0.0310. The number of nitrogens with zero attached hydrogens (tertiary/aromatic N) is 1. The van der Waals surface area contributed by atoms with Crippen LogP contribution in [0, 0.1) is 0 Å². The number of piperidine rings is 1. The lowest BCUT2D eigenvalue weighted by atomic mass is 9.99. The SMILES string of the molecule is CC1CCCC(C)N1NC(CN)c1ccc(Cl)s1. The molecule has 0 saturated carbocycles. The molecule has 0 bridgehead atoms. The first-order chi connectivity index (χ1) is 8.61. The summed E-state index contributed by atoms with van der Waals surface area (Å²) in [6, 6.07) is 5.31. The zero-order valence-electron chi connectivity index (χ0n) is 11.0. The largest absolute Gasteiger partial charge is 0.329 e. The highest BCUT2D eigenvalue weighted by atomic mass is 35.5. The number of rotatable bonds is 4. The van der Waals surface area contributed by atoms with E-state index >= 15 is 0 Å². The highest BCUT2D eigenvalue weighted by Gasteiger charge is 2.27. The first-order valence-corrected chi connectivity index (χ1v) is 7.81. The fourth-order valence-electron chi connectivity index (χ4n) is 2.60. The number of hydrazine groups is 1. The molecular weight excluding hydrogens is 266 g/mol. The Morgan fingerprint density at radius 2 is 2.11 bits per heavy atom. The lowest BCUT2D eigenvalue weighted by Gasteiger charge is -2.41. The van der Waals surface area contributed by atoms with Gasteiger partial charge in [0, 0.05) is 23.5 Å². The molecule has 3 N–H and O–H groups in total. The molecule has 1 aromatic rings. The van der Waals surface area contributed by atoms with Gasteiger partial charge in [-0.1, -0.05) is 18.0 Å². The molecule has 2 rings (SSSR count). The first-order valence-electron chi connectivity index (χ1n) is 6.61. The van der Waals surface area contributed by atoms with Crippen LogP contribution in [0.4, 0.5) is 0 Å². The van der Waals surface area contributed by atoms with E-state index in [0.29, 0.717) is 18.6 Å². The molecular formula is C13H22ClN3S. The van der Waals surface area contributed by atoms with Crippen molar-refractivity contribution in [3.8, 4) is 0 Å². The summed E-state index contributed by atoms with van der Waals surface area (Å²) >= 11 is 7.61. The van der Waals surface area contributed by atoms with E-state index in [0.717, 1.165) is 4.34 Å². The standard InChI is InChI=1S/C13H22ClN3S/c1-9-4-3-5-10(2)17(9)16-11(8-15)12-6-7-13(14)18-12/h6-7,9-11,16H,3-5,8,15H2,1-2H3. The third-order valence-electron chi connectivity index (χ3n) is 3.67. The summed E-state index contributed by atoms with van der Waals surface area (Å²) in [4.78, 5) is 1.22. The molecule has 1 aromatic heterocycles. The van der Waals surface area contributed by atoms with Gasteiger partial charge in [0.15, 0.2) is 0 Å². The van der Waals surface area contributed by atoms with Gasteiger partial charge in [-0.3, -0.25) is 0 Å². The summed E-state index contributed by atoms with van der Waals surface area (Å²) in [6.45, 7) is 5.14. The molecule has 2 heterocycles. The van der Waals surface area contributed by atoms with Gasteiger partial charge in [-0.2, -0.15) is 0 Å². The topological polar surface area (TPSA) is 41.3 Å². The minimum absolute atomic E-state index is 0.172. The Hall–Kier alpha value is -0.130. The summed E-state index contributed by atoms with van der Waals surface area (Å²) in [5.74, 6) is 0. The van der Waals surface area contributed by atoms with Gasteiger partial charge < -0.3 is 5.73 Å². The molecule has 0 spiro atoms. The predicted octanol–water partition coefficient (Wildman–Crippen LogP) is 3.17. The Kier molecular flexibility index (Phi) is 5.04. The number of thiophene rings is 1. The molecule has 0 aliphatic carbocycles. The summed E-state index contributed by atoms with van der Waals surface area (Å²) in [5, 5.41) is 2.37. The Morgan fingerprint density at radius 1 is 1.44 bits per heavy atom. The quantitative estimate of drug-likeness (QED) is 0.894. The highest BCUT2D eigenvalue weighted by Crippen LogP contribution is 2.28. The minimum Gasteiger partial charge on any atom is -0.329 e. The second kappa shape index (κ2) is 6.35. The molecule has 1 saturated heterocycles. The molecule has 1 fully saturated rings. The van der Waals surface area contributed by atoms with Crippen LogP contribution in [-0.2, 0) is 0 Å². The lowest BCUT2D eigenvalue weighted by Crippen LogP contribution is -2.54. The van der Waals surface area contributed by atoms with E-state index in [-0.39, 0.29) is 6.04 Å². The van der Waals surface area contributed by atoms with E-state index in [4.69, 9.17) is 17.3 Å². The Bertz CT molecular complexity index is 372. The van der Waals surface area contributed by atoms with Crippen molar-refractivity contribution in [3.05, 3.63) is 21.3 Å². The van der Waals surface area contributed by atoms with E-state index in [1.165, 1.54) is 24.1 Å². The van der Waals surface area contributed by atoms with Crippen LogP contribution < -0.4 is 11.2 Å². The van der Waals surface area contributed by atoms with Crippen LogP contribution in [0.1, 0.15) is 44.0 Å². The molecule has 0 amide bonds. The average Bonchev–Trinajstić information content (AvgIpc) is 2.76. The molecule has 3 nitrogen and oxygen atoms in total. The summed E-state index contributed by atoms with van der Waals surface area (Å²) in [5.41, 5.74) is 9.49. The van der Waals surface area contributed by atoms with Crippen molar-refractivity contribution in [2.75, 3.05) is 6.54 Å². The van der Waals surface area contributed by atoms with Crippen LogP contribution in [0.25, 0.3) is 0 Å². The maximum Gasteiger partial charge on any atom is 0.0931 e. The molecule has 18 heavy (non-hydrogen) atoms. The number of nitrogens with one attached hydrogen (secondary N) is 1. The maximum absolute atomic E-state index is 6.00. The van der Waals surface area contributed by atoms with Crippen molar-refractivity contribution in [2.45, 2.75) is 51.2 Å². The summed E-state index contributed by atoms with van der Waals surface area (Å²) in [6.07, 6.45) is 3.82. The molecule has 3 atom stereocenters. The normalized spacial score (nSPS) is 27.3. The number of hydrogen-bond acceptors (Lipinski definition) is 4. The van der Waals surface area contributed by atoms with Crippen molar-refractivity contribution in [3.63, 3.8) is 0 Å². The monoisotopic (exact) mass is 287 g/mol. The van der Waals surface area contributed by atoms with Crippen molar-refractivity contribution in [1.82, 2.24) is 10.4 Å². The van der Waals surface area contributed by atoms with Crippen molar-refractivity contribution >= 4 is 22.9 Å². The fourth-order valence-corrected chi connectivity index (χ4v) is 3.72. The van der Waals surface area contributed by atoms with E-state index in [9.17, 15) is 0 Å². The predicted molar refractivity (Wildman–Crippen MR) is 78.9 cm³/mol. The third-order valence-corrected chi connectivity index (χ3v) is 5.02. The number of nitrogens with two attached hydrogens (primary N) is 1. The molecule has 5 heteroatoms. The van der Waals surface area contributed by atoms with Crippen molar-refractivity contribution in [1.29, 1.82) is 0 Å². The van der Waals surface area contributed by atoms with Crippen LogP contribution in [0.3, 0.4) is 0 Å². The van der Waals surface area contributed by atoms with Gasteiger partial charge in [0.1, 0.15) is 0 Å². The van der Waals surface area contributed by atoms with Crippen molar-refractivity contribution < 1.29 is 0 Å². The average molecular weight is 288 g/mol. The van der Waals surface area contributed by atoms with Gasteiger partial charge in [-0.05, 0) is 38.8 Å². The minimum atomic E-state index is 0.172. The van der Waals surface area contributed by atoms with E-state index in [2.05, 4.69) is 30.3 Å². The van der Waals surface area contributed by atoms with E-state index in [1.54, 1.807) is 11.3 Å². The first kappa shape index (κ1) is 14.3. The van der Waals surface area contributed by atoms with Gasteiger partial charge in [0.2, 0.25) is 0 Å². The van der Waals surface area contributed by atoms with Crippen LogP contribution in [0.5, 0.6) is 0 Å². The summed E-state index contributed by atoms with van der Waals surface area (Å²) in [7, 11) is 0. The smallest absolute Gasteiger partial charge is 0.0931 e. The highest BCUT2D eigenvalue weighted by molar-refractivity contribution is 7.16. The van der Waals surface area contributed by atoms with E-state index < -0.39 is 0 Å². The van der Waals surface area contributed by atoms with Gasteiger partial charge in [0.25, 0.3) is 0 Å². The van der Waals surface area contributed by atoms with Crippen LogP contribution in [-0.4, -0.2) is 23.6 Å². The van der Waals surface area contributed by atoms with Crippen molar-refractivity contribution in [2.24, 2.45) is 5.73 Å². The summed E-state index contributed by atoms with van der Waals surface area (Å²) < 4.78 is 0.824. The zero-order valence-corrected chi connectivity index (χ0v) is 12.6. The molecule has 1 aliphatic rings. The Morgan fingerprint density at radius 3 is 2.61 bits per heavy atom. The van der Waals surface area contributed by atoms with Gasteiger partial charge in [-0.15, -0.1) is 11.3 Å². The molecule has 102 valence electrons.